The SMILES string of the molecule is CC(C)C[C@@H](O)/C=C/C=C/C#C[C@@H](O)CCCC(=O)O. The van der Waals surface area contributed by atoms with Gasteiger partial charge >= 0.3 is 5.97 Å². The fourth-order valence-corrected chi connectivity index (χ4v) is 1.52. The van der Waals surface area contributed by atoms with Crippen molar-refractivity contribution in [3.05, 3.63) is 24.3 Å². The minimum absolute atomic E-state index is 0.0467. The molecule has 0 saturated heterocycles. The Bertz CT molecular complexity index is 385. The molecule has 3 N–H and O–H groups in total. The molecule has 0 aromatic carbocycles. The second-order valence-corrected chi connectivity index (χ2v) is 5.03. The highest BCUT2D eigenvalue weighted by atomic mass is 16.4. The molecule has 0 aromatic rings. The van der Waals surface area contributed by atoms with Crippen LogP contribution in [0.5, 0.6) is 0 Å². The van der Waals surface area contributed by atoms with Gasteiger partial charge in [-0.2, -0.15) is 0 Å². The van der Waals surface area contributed by atoms with Crippen LogP contribution in [-0.2, 0) is 4.79 Å². The number of carboxylic acid groups (broad SMARTS) is 1. The normalized spacial score (nSPS) is 14.4. The zero-order valence-electron chi connectivity index (χ0n) is 12.1. The van der Waals surface area contributed by atoms with Gasteiger partial charge in [0, 0.05) is 6.42 Å². The molecule has 0 aliphatic heterocycles. The summed E-state index contributed by atoms with van der Waals surface area (Å²) < 4.78 is 0. The molecular weight excluding hydrogens is 256 g/mol. The Labute approximate surface area is 120 Å². The molecule has 0 aliphatic rings. The van der Waals surface area contributed by atoms with E-state index in [9.17, 15) is 15.0 Å². The van der Waals surface area contributed by atoms with E-state index in [0.717, 1.165) is 6.42 Å². The molecule has 0 spiro atoms. The lowest BCUT2D eigenvalue weighted by Crippen LogP contribution is -2.05. The van der Waals surface area contributed by atoms with Crippen LogP contribution in [0.1, 0.15) is 39.5 Å². The molecule has 112 valence electrons. The van der Waals surface area contributed by atoms with Crippen LogP contribution in [0.25, 0.3) is 0 Å². The molecule has 4 nitrogen and oxygen atoms in total. The molecular formula is C16H24O4. The maximum atomic E-state index is 10.3. The Morgan fingerprint density at radius 2 is 1.95 bits per heavy atom. The summed E-state index contributed by atoms with van der Waals surface area (Å²) >= 11 is 0. The quantitative estimate of drug-likeness (QED) is 0.470. The third-order valence-corrected chi connectivity index (χ3v) is 2.45. The molecule has 0 rings (SSSR count). The monoisotopic (exact) mass is 280 g/mol. The van der Waals surface area contributed by atoms with Crippen molar-refractivity contribution in [3.8, 4) is 11.8 Å². The average molecular weight is 280 g/mol. The molecule has 0 heterocycles. The number of aliphatic carboxylic acids is 1. The molecule has 4 heteroatoms. The van der Waals surface area contributed by atoms with Crippen molar-refractivity contribution >= 4 is 5.97 Å². The van der Waals surface area contributed by atoms with E-state index in [0.29, 0.717) is 18.8 Å². The number of carboxylic acids is 1. The Kier molecular flexibility index (Phi) is 10.4. The van der Waals surface area contributed by atoms with Crippen molar-refractivity contribution in [2.75, 3.05) is 0 Å². The highest BCUT2D eigenvalue weighted by molar-refractivity contribution is 5.66. The zero-order chi connectivity index (χ0) is 15.4. The lowest BCUT2D eigenvalue weighted by atomic mass is 10.1. The van der Waals surface area contributed by atoms with Gasteiger partial charge in [0.15, 0.2) is 0 Å². The van der Waals surface area contributed by atoms with Gasteiger partial charge in [-0.3, -0.25) is 4.79 Å². The van der Waals surface area contributed by atoms with Gasteiger partial charge in [-0.05, 0) is 31.3 Å². The fourth-order valence-electron chi connectivity index (χ4n) is 1.52. The number of hydrogen-bond acceptors (Lipinski definition) is 3. The summed E-state index contributed by atoms with van der Waals surface area (Å²) in [5.41, 5.74) is 0. The van der Waals surface area contributed by atoms with Crippen molar-refractivity contribution in [1.29, 1.82) is 0 Å². The average Bonchev–Trinajstić information content (AvgIpc) is 2.32. The van der Waals surface area contributed by atoms with Gasteiger partial charge in [0.1, 0.15) is 6.10 Å². The van der Waals surface area contributed by atoms with Gasteiger partial charge in [0.2, 0.25) is 0 Å². The third kappa shape index (κ3) is 12.9. The van der Waals surface area contributed by atoms with Crippen LogP contribution in [0.4, 0.5) is 0 Å². The first-order valence-electron chi connectivity index (χ1n) is 6.84. The topological polar surface area (TPSA) is 77.8 Å². The molecule has 0 amide bonds. The molecule has 2 atom stereocenters. The van der Waals surface area contributed by atoms with Gasteiger partial charge in [0.25, 0.3) is 0 Å². The minimum Gasteiger partial charge on any atom is -0.481 e. The second kappa shape index (κ2) is 11.3. The number of rotatable bonds is 8. The fraction of sp³-hybridized carbons (Fsp3) is 0.562. The summed E-state index contributed by atoms with van der Waals surface area (Å²) in [5.74, 6) is 4.86. The van der Waals surface area contributed by atoms with Gasteiger partial charge in [0.05, 0.1) is 6.10 Å². The van der Waals surface area contributed by atoms with Crippen LogP contribution in [0.3, 0.4) is 0 Å². The van der Waals surface area contributed by atoms with Gasteiger partial charge in [-0.25, -0.2) is 0 Å². The summed E-state index contributed by atoms with van der Waals surface area (Å²) in [5, 5.41) is 27.5. The van der Waals surface area contributed by atoms with Crippen molar-refractivity contribution < 1.29 is 20.1 Å². The highest BCUT2D eigenvalue weighted by Crippen LogP contribution is 2.05. The number of aliphatic hydroxyl groups is 2. The van der Waals surface area contributed by atoms with Gasteiger partial charge in [-0.15, -0.1) is 0 Å². The van der Waals surface area contributed by atoms with E-state index in [1.807, 2.05) is 13.8 Å². The van der Waals surface area contributed by atoms with Crippen LogP contribution in [0.15, 0.2) is 24.3 Å². The summed E-state index contributed by atoms with van der Waals surface area (Å²) in [7, 11) is 0. The summed E-state index contributed by atoms with van der Waals surface area (Å²) in [6.45, 7) is 4.09. The van der Waals surface area contributed by atoms with E-state index in [4.69, 9.17) is 5.11 Å². The summed E-state index contributed by atoms with van der Waals surface area (Å²) in [4.78, 5) is 10.3. The number of carbonyl (C=O) groups is 1. The number of allylic oxidation sites excluding steroid dienone is 3. The van der Waals surface area contributed by atoms with Crippen LogP contribution in [0, 0.1) is 17.8 Å². The standard InChI is InChI=1S/C16H24O4/c1-13(2)12-15(18)9-6-4-3-5-8-14(17)10-7-11-16(19)20/h3-4,6,9,13-15,17-18H,7,10-12H2,1-2H3,(H,19,20)/b4-3+,9-6+/t14-,15+/m1/s1. The van der Waals surface area contributed by atoms with Gasteiger partial charge < -0.3 is 15.3 Å². The maximum Gasteiger partial charge on any atom is 0.303 e. The third-order valence-electron chi connectivity index (χ3n) is 2.45. The van der Waals surface area contributed by atoms with Crippen LogP contribution < -0.4 is 0 Å². The molecule has 0 bridgehead atoms. The predicted octanol–water partition coefficient (Wildman–Crippen LogP) is 2.12. The van der Waals surface area contributed by atoms with E-state index in [1.54, 1.807) is 24.3 Å². The maximum absolute atomic E-state index is 10.3. The van der Waals surface area contributed by atoms with Crippen molar-refractivity contribution in [1.82, 2.24) is 0 Å². The Balaban J connectivity index is 3.91. The Morgan fingerprint density at radius 1 is 1.25 bits per heavy atom. The van der Waals surface area contributed by atoms with Crippen molar-refractivity contribution in [2.24, 2.45) is 5.92 Å². The molecule has 0 radical (unpaired) electrons. The van der Waals surface area contributed by atoms with E-state index >= 15 is 0 Å². The molecule has 0 aromatic heterocycles. The smallest absolute Gasteiger partial charge is 0.303 e. The van der Waals surface area contributed by atoms with E-state index in [1.165, 1.54) is 0 Å². The first kappa shape index (κ1) is 18.4. The van der Waals surface area contributed by atoms with E-state index in [-0.39, 0.29) is 6.42 Å². The first-order valence-corrected chi connectivity index (χ1v) is 6.84. The highest BCUT2D eigenvalue weighted by Gasteiger charge is 2.02. The molecule has 0 unspecified atom stereocenters. The van der Waals surface area contributed by atoms with Crippen LogP contribution in [-0.4, -0.2) is 33.5 Å². The summed E-state index contributed by atoms with van der Waals surface area (Å²) in [6.07, 6.45) is 6.98. The lowest BCUT2D eigenvalue weighted by Gasteiger charge is -2.06. The number of aliphatic hydroxyl groups excluding tert-OH is 2. The Hall–Kier alpha value is -1.57. The molecule has 0 aliphatic carbocycles. The van der Waals surface area contributed by atoms with E-state index < -0.39 is 18.2 Å². The predicted molar refractivity (Wildman–Crippen MR) is 79.0 cm³/mol. The molecule has 0 saturated carbocycles. The second-order valence-electron chi connectivity index (χ2n) is 5.03. The number of hydrogen-bond donors (Lipinski definition) is 3. The Morgan fingerprint density at radius 3 is 2.55 bits per heavy atom. The minimum atomic E-state index is -0.866. The van der Waals surface area contributed by atoms with Gasteiger partial charge in [-0.1, -0.05) is 43.9 Å². The molecule has 20 heavy (non-hydrogen) atoms. The van der Waals surface area contributed by atoms with Crippen LogP contribution in [0.2, 0.25) is 0 Å². The van der Waals surface area contributed by atoms with Crippen LogP contribution >= 0.6 is 0 Å². The molecule has 0 fully saturated rings. The first-order chi connectivity index (χ1) is 9.41. The van der Waals surface area contributed by atoms with Crippen molar-refractivity contribution in [2.45, 2.75) is 51.7 Å². The zero-order valence-corrected chi connectivity index (χ0v) is 12.1. The largest absolute Gasteiger partial charge is 0.481 e. The van der Waals surface area contributed by atoms with E-state index in [2.05, 4.69) is 11.8 Å². The van der Waals surface area contributed by atoms with Crippen molar-refractivity contribution in [3.63, 3.8) is 0 Å². The summed E-state index contributed by atoms with van der Waals surface area (Å²) in [6, 6.07) is 0. The lowest BCUT2D eigenvalue weighted by molar-refractivity contribution is -0.137.